The van der Waals surface area contributed by atoms with E-state index >= 15 is 0 Å². The molecule has 0 saturated carbocycles. The fraction of sp³-hybridized carbons (Fsp3) is 0.111. The zero-order valence-corrected chi connectivity index (χ0v) is 13.5. The Balaban J connectivity index is 2.23. The van der Waals surface area contributed by atoms with Gasteiger partial charge in [0.2, 0.25) is 5.78 Å². The van der Waals surface area contributed by atoms with Crippen LogP contribution in [-0.2, 0) is 14.9 Å². The third-order valence-electron chi connectivity index (χ3n) is 3.70. The fourth-order valence-corrected chi connectivity index (χ4v) is 3.01. The molecule has 0 bridgehead atoms. The van der Waals surface area contributed by atoms with Gasteiger partial charge in [0.15, 0.2) is 0 Å². The maximum Gasteiger partial charge on any atom is 0.342 e. The molecule has 0 aromatic heterocycles. The summed E-state index contributed by atoms with van der Waals surface area (Å²) in [6.45, 7) is 0. The SMILES string of the molecule is COC(=O)C1=C(c2ccc(CBr)cc2)c2ccccc2C1=O. The van der Waals surface area contributed by atoms with Crippen LogP contribution in [-0.4, -0.2) is 18.9 Å². The highest BCUT2D eigenvalue weighted by Gasteiger charge is 2.34. The summed E-state index contributed by atoms with van der Waals surface area (Å²) in [5, 5.41) is 0.756. The van der Waals surface area contributed by atoms with Crippen molar-refractivity contribution >= 4 is 33.3 Å². The number of fused-ring (bicyclic) bond motifs is 1. The van der Waals surface area contributed by atoms with Gasteiger partial charge in [-0.3, -0.25) is 4.79 Å². The third kappa shape index (κ3) is 2.29. The minimum atomic E-state index is -0.597. The van der Waals surface area contributed by atoms with E-state index in [9.17, 15) is 9.59 Å². The number of hydrogen-bond acceptors (Lipinski definition) is 3. The number of benzene rings is 2. The number of halogens is 1. The maximum absolute atomic E-state index is 12.5. The van der Waals surface area contributed by atoms with E-state index in [0.717, 1.165) is 22.0 Å². The van der Waals surface area contributed by atoms with Crippen LogP contribution in [0.4, 0.5) is 0 Å². The summed E-state index contributed by atoms with van der Waals surface area (Å²) in [4.78, 5) is 24.6. The number of Topliss-reactive ketones (excluding diaryl/α,β-unsaturated/α-hetero) is 1. The Morgan fingerprint density at radius 1 is 1.05 bits per heavy atom. The molecule has 110 valence electrons. The standard InChI is InChI=1S/C18H13BrO3/c1-22-18(21)16-15(12-8-6-11(10-19)7-9-12)13-4-2-3-5-14(13)17(16)20/h2-9H,10H2,1H3. The number of ketones is 1. The molecule has 3 nitrogen and oxygen atoms in total. The Labute approximate surface area is 136 Å². The molecule has 0 N–H and O–H groups in total. The van der Waals surface area contributed by atoms with Crippen LogP contribution in [0.1, 0.15) is 27.0 Å². The molecule has 2 aromatic rings. The highest BCUT2D eigenvalue weighted by atomic mass is 79.9. The van der Waals surface area contributed by atoms with Gasteiger partial charge in [0.1, 0.15) is 5.57 Å². The lowest BCUT2D eigenvalue weighted by Crippen LogP contribution is -2.12. The Bertz CT molecular complexity index is 788. The van der Waals surface area contributed by atoms with Crippen molar-refractivity contribution in [3.05, 3.63) is 76.4 Å². The van der Waals surface area contributed by atoms with Gasteiger partial charge in [-0.1, -0.05) is 64.5 Å². The van der Waals surface area contributed by atoms with Crippen molar-refractivity contribution < 1.29 is 14.3 Å². The van der Waals surface area contributed by atoms with Crippen molar-refractivity contribution in [2.75, 3.05) is 7.11 Å². The summed E-state index contributed by atoms with van der Waals surface area (Å²) in [5.74, 6) is -0.872. The first-order chi connectivity index (χ1) is 10.7. The lowest BCUT2D eigenvalue weighted by Gasteiger charge is -2.08. The maximum atomic E-state index is 12.5. The molecule has 0 unspecified atom stereocenters. The summed E-state index contributed by atoms with van der Waals surface area (Å²) in [6.07, 6.45) is 0. The van der Waals surface area contributed by atoms with E-state index in [2.05, 4.69) is 15.9 Å². The summed E-state index contributed by atoms with van der Waals surface area (Å²) in [5.41, 5.74) is 4.04. The Morgan fingerprint density at radius 2 is 1.68 bits per heavy atom. The van der Waals surface area contributed by atoms with Crippen LogP contribution < -0.4 is 0 Å². The van der Waals surface area contributed by atoms with E-state index in [1.807, 2.05) is 36.4 Å². The minimum absolute atomic E-state index is 0.107. The first kappa shape index (κ1) is 14.7. The van der Waals surface area contributed by atoms with Gasteiger partial charge in [0, 0.05) is 16.5 Å². The van der Waals surface area contributed by atoms with Crippen LogP contribution in [0.25, 0.3) is 5.57 Å². The number of alkyl halides is 1. The molecule has 0 atom stereocenters. The van der Waals surface area contributed by atoms with Gasteiger partial charge < -0.3 is 4.74 Å². The summed E-state index contributed by atoms with van der Waals surface area (Å²) < 4.78 is 4.81. The smallest absolute Gasteiger partial charge is 0.342 e. The largest absolute Gasteiger partial charge is 0.465 e. The van der Waals surface area contributed by atoms with Crippen molar-refractivity contribution in [3.63, 3.8) is 0 Å². The average Bonchev–Trinajstić information content (AvgIpc) is 2.87. The highest BCUT2D eigenvalue weighted by molar-refractivity contribution is 9.08. The van der Waals surface area contributed by atoms with Crippen LogP contribution >= 0.6 is 15.9 Å². The van der Waals surface area contributed by atoms with E-state index in [1.54, 1.807) is 12.1 Å². The topological polar surface area (TPSA) is 43.4 Å². The average molecular weight is 357 g/mol. The summed E-state index contributed by atoms with van der Waals surface area (Å²) >= 11 is 3.41. The fourth-order valence-electron chi connectivity index (χ4n) is 2.64. The van der Waals surface area contributed by atoms with E-state index in [0.29, 0.717) is 11.1 Å². The number of ether oxygens (including phenoxy) is 1. The molecule has 0 radical (unpaired) electrons. The second-order valence-electron chi connectivity index (χ2n) is 4.95. The lowest BCUT2D eigenvalue weighted by molar-refractivity contribution is -0.135. The number of carbonyl (C=O) groups is 2. The predicted molar refractivity (Wildman–Crippen MR) is 87.9 cm³/mol. The van der Waals surface area contributed by atoms with E-state index < -0.39 is 5.97 Å². The molecule has 0 spiro atoms. The van der Waals surface area contributed by atoms with Crippen LogP contribution in [0.15, 0.2) is 54.1 Å². The quantitative estimate of drug-likeness (QED) is 0.477. The Kier molecular flexibility index (Phi) is 3.94. The summed E-state index contributed by atoms with van der Waals surface area (Å²) in [7, 11) is 1.29. The predicted octanol–water partition coefficient (Wildman–Crippen LogP) is 3.75. The van der Waals surface area contributed by atoms with E-state index in [-0.39, 0.29) is 11.4 Å². The van der Waals surface area contributed by atoms with Gasteiger partial charge in [-0.05, 0) is 16.7 Å². The van der Waals surface area contributed by atoms with E-state index in [1.165, 1.54) is 7.11 Å². The van der Waals surface area contributed by atoms with Gasteiger partial charge in [-0.2, -0.15) is 0 Å². The number of hydrogen-bond donors (Lipinski definition) is 0. The van der Waals surface area contributed by atoms with Gasteiger partial charge in [0.05, 0.1) is 7.11 Å². The first-order valence-corrected chi connectivity index (χ1v) is 7.91. The van der Waals surface area contributed by atoms with E-state index in [4.69, 9.17) is 4.74 Å². The summed E-state index contributed by atoms with van der Waals surface area (Å²) in [6, 6.07) is 15.0. The van der Waals surface area contributed by atoms with Crippen LogP contribution in [0, 0.1) is 0 Å². The number of rotatable bonds is 3. The second-order valence-corrected chi connectivity index (χ2v) is 5.51. The Morgan fingerprint density at radius 3 is 2.27 bits per heavy atom. The molecule has 2 aromatic carbocycles. The number of methoxy groups -OCH3 is 1. The van der Waals surface area contributed by atoms with Crippen molar-refractivity contribution in [3.8, 4) is 0 Å². The zero-order valence-electron chi connectivity index (χ0n) is 11.9. The van der Waals surface area contributed by atoms with Crippen LogP contribution in [0.2, 0.25) is 0 Å². The van der Waals surface area contributed by atoms with Crippen LogP contribution in [0.5, 0.6) is 0 Å². The van der Waals surface area contributed by atoms with Crippen LogP contribution in [0.3, 0.4) is 0 Å². The number of esters is 1. The molecule has 1 aliphatic rings. The molecular weight excluding hydrogens is 344 g/mol. The molecule has 3 rings (SSSR count). The second kappa shape index (κ2) is 5.89. The molecule has 0 amide bonds. The van der Waals surface area contributed by atoms with Gasteiger partial charge >= 0.3 is 5.97 Å². The first-order valence-electron chi connectivity index (χ1n) is 6.79. The van der Waals surface area contributed by atoms with Crippen molar-refractivity contribution in [2.24, 2.45) is 0 Å². The molecule has 0 saturated heterocycles. The molecule has 0 aliphatic heterocycles. The molecule has 4 heteroatoms. The number of carbonyl (C=O) groups excluding carboxylic acids is 2. The normalized spacial score (nSPS) is 13.3. The monoisotopic (exact) mass is 356 g/mol. The van der Waals surface area contributed by atoms with Gasteiger partial charge in [-0.15, -0.1) is 0 Å². The molecular formula is C18H13BrO3. The minimum Gasteiger partial charge on any atom is -0.465 e. The van der Waals surface area contributed by atoms with Crippen molar-refractivity contribution in [2.45, 2.75) is 5.33 Å². The van der Waals surface area contributed by atoms with Crippen molar-refractivity contribution in [1.82, 2.24) is 0 Å². The Hall–Kier alpha value is -2.20. The molecule has 1 aliphatic carbocycles. The lowest BCUT2D eigenvalue weighted by atomic mass is 9.97. The molecule has 0 fully saturated rings. The van der Waals surface area contributed by atoms with Gasteiger partial charge in [-0.25, -0.2) is 4.79 Å². The highest BCUT2D eigenvalue weighted by Crippen LogP contribution is 2.38. The molecule has 22 heavy (non-hydrogen) atoms. The molecule has 0 heterocycles. The van der Waals surface area contributed by atoms with Gasteiger partial charge in [0.25, 0.3) is 0 Å². The van der Waals surface area contributed by atoms with Crippen molar-refractivity contribution in [1.29, 1.82) is 0 Å². The zero-order chi connectivity index (χ0) is 15.7. The third-order valence-corrected chi connectivity index (χ3v) is 4.35.